The summed E-state index contributed by atoms with van der Waals surface area (Å²) in [6, 6.07) is 1.15. The number of pyridine rings is 1. The monoisotopic (exact) mass is 255 g/mol. The summed E-state index contributed by atoms with van der Waals surface area (Å²) in [5.41, 5.74) is 0. The fourth-order valence-electron chi connectivity index (χ4n) is 2.54. The molecule has 1 aromatic heterocycles. The second-order valence-corrected chi connectivity index (χ2v) is 5.00. The molecule has 18 heavy (non-hydrogen) atoms. The molecule has 0 aliphatic carbocycles. The van der Waals surface area contributed by atoms with E-state index >= 15 is 0 Å². The third-order valence-electron chi connectivity index (χ3n) is 3.31. The standard InChI is InChI=1S/C13H19F2N3/c1-4-16-12-10(14)6-11(15)13(17-12)18-7-8(2)5-9(18)3/h6,8-9H,4-5,7H2,1-3H3,(H,16,17). The maximum atomic E-state index is 13.9. The fourth-order valence-corrected chi connectivity index (χ4v) is 2.54. The van der Waals surface area contributed by atoms with Gasteiger partial charge in [-0.05, 0) is 26.2 Å². The van der Waals surface area contributed by atoms with Crippen LogP contribution in [-0.2, 0) is 0 Å². The first-order valence-corrected chi connectivity index (χ1v) is 6.39. The van der Waals surface area contributed by atoms with Crippen molar-refractivity contribution in [2.75, 3.05) is 23.3 Å². The van der Waals surface area contributed by atoms with Crippen LogP contribution in [0.25, 0.3) is 0 Å². The molecule has 2 atom stereocenters. The normalized spacial score (nSPS) is 23.5. The Bertz CT molecular complexity index is 436. The molecule has 0 amide bonds. The average Bonchev–Trinajstić information content (AvgIpc) is 2.62. The first-order chi connectivity index (χ1) is 8.52. The number of rotatable bonds is 3. The Labute approximate surface area is 106 Å². The van der Waals surface area contributed by atoms with Gasteiger partial charge >= 0.3 is 0 Å². The molecule has 0 bridgehead atoms. The van der Waals surface area contributed by atoms with Gasteiger partial charge in [-0.2, -0.15) is 0 Å². The SMILES string of the molecule is CCNc1nc(N2CC(C)CC2C)c(F)cc1F. The van der Waals surface area contributed by atoms with E-state index in [1.54, 1.807) is 0 Å². The lowest BCUT2D eigenvalue weighted by Gasteiger charge is -2.23. The molecule has 0 aromatic carbocycles. The van der Waals surface area contributed by atoms with Gasteiger partial charge in [0.1, 0.15) is 0 Å². The second-order valence-electron chi connectivity index (χ2n) is 5.00. The van der Waals surface area contributed by atoms with Gasteiger partial charge in [-0.15, -0.1) is 0 Å². The van der Waals surface area contributed by atoms with Crippen molar-refractivity contribution in [2.45, 2.75) is 33.2 Å². The van der Waals surface area contributed by atoms with E-state index in [0.29, 0.717) is 12.5 Å². The van der Waals surface area contributed by atoms with E-state index < -0.39 is 11.6 Å². The number of halogens is 2. The highest BCUT2D eigenvalue weighted by atomic mass is 19.1. The molecule has 1 aliphatic heterocycles. The van der Waals surface area contributed by atoms with Crippen molar-refractivity contribution in [1.82, 2.24) is 4.98 Å². The maximum Gasteiger partial charge on any atom is 0.168 e. The van der Waals surface area contributed by atoms with Gasteiger partial charge in [-0.3, -0.25) is 0 Å². The van der Waals surface area contributed by atoms with Crippen molar-refractivity contribution < 1.29 is 8.78 Å². The Balaban J connectivity index is 2.35. The molecule has 100 valence electrons. The lowest BCUT2D eigenvalue weighted by atomic mass is 10.1. The van der Waals surface area contributed by atoms with E-state index in [0.717, 1.165) is 19.0 Å². The van der Waals surface area contributed by atoms with Gasteiger partial charge in [0, 0.05) is 25.2 Å². The van der Waals surface area contributed by atoms with Gasteiger partial charge in [0.05, 0.1) is 0 Å². The van der Waals surface area contributed by atoms with Crippen molar-refractivity contribution in [2.24, 2.45) is 5.92 Å². The number of aromatic nitrogens is 1. The highest BCUT2D eigenvalue weighted by molar-refractivity contribution is 5.50. The fraction of sp³-hybridized carbons (Fsp3) is 0.615. The average molecular weight is 255 g/mol. The van der Waals surface area contributed by atoms with Crippen LogP contribution in [0.5, 0.6) is 0 Å². The van der Waals surface area contributed by atoms with E-state index in [4.69, 9.17) is 0 Å². The van der Waals surface area contributed by atoms with Crippen LogP contribution < -0.4 is 10.2 Å². The Hall–Kier alpha value is -1.39. The predicted molar refractivity (Wildman–Crippen MR) is 68.9 cm³/mol. The Morgan fingerprint density at radius 1 is 1.39 bits per heavy atom. The molecule has 2 rings (SSSR count). The summed E-state index contributed by atoms with van der Waals surface area (Å²) in [6.45, 7) is 7.35. The summed E-state index contributed by atoms with van der Waals surface area (Å²) in [7, 11) is 0. The van der Waals surface area contributed by atoms with Gasteiger partial charge in [0.2, 0.25) is 0 Å². The highest BCUT2D eigenvalue weighted by Gasteiger charge is 2.29. The molecule has 5 heteroatoms. The Morgan fingerprint density at radius 3 is 2.67 bits per heavy atom. The van der Waals surface area contributed by atoms with Crippen LogP contribution in [-0.4, -0.2) is 24.1 Å². The number of nitrogens with one attached hydrogen (secondary N) is 1. The van der Waals surface area contributed by atoms with Crippen LogP contribution >= 0.6 is 0 Å². The Morgan fingerprint density at radius 2 is 2.11 bits per heavy atom. The van der Waals surface area contributed by atoms with E-state index in [9.17, 15) is 8.78 Å². The minimum atomic E-state index is -0.641. The molecule has 1 aromatic rings. The molecule has 0 saturated carbocycles. The zero-order valence-corrected chi connectivity index (χ0v) is 11.0. The highest BCUT2D eigenvalue weighted by Crippen LogP contribution is 2.30. The molecule has 1 fully saturated rings. The molecular weight excluding hydrogens is 236 g/mol. The first-order valence-electron chi connectivity index (χ1n) is 6.39. The van der Waals surface area contributed by atoms with E-state index in [1.165, 1.54) is 0 Å². The van der Waals surface area contributed by atoms with Gasteiger partial charge in [0.25, 0.3) is 0 Å². The lowest BCUT2D eigenvalue weighted by molar-refractivity contribution is 0.567. The van der Waals surface area contributed by atoms with Gasteiger partial charge in [-0.1, -0.05) is 6.92 Å². The molecule has 1 N–H and O–H groups in total. The van der Waals surface area contributed by atoms with Gasteiger partial charge in [-0.25, -0.2) is 13.8 Å². The molecular formula is C13H19F2N3. The van der Waals surface area contributed by atoms with Crippen LogP contribution in [0, 0.1) is 17.6 Å². The third-order valence-corrected chi connectivity index (χ3v) is 3.31. The summed E-state index contributed by atoms with van der Waals surface area (Å²) >= 11 is 0. The van der Waals surface area contributed by atoms with E-state index in [2.05, 4.69) is 17.2 Å². The third kappa shape index (κ3) is 2.40. The largest absolute Gasteiger partial charge is 0.368 e. The summed E-state index contributed by atoms with van der Waals surface area (Å²) < 4.78 is 27.3. The van der Waals surface area contributed by atoms with Crippen LogP contribution in [0.15, 0.2) is 6.07 Å². The van der Waals surface area contributed by atoms with Gasteiger partial charge < -0.3 is 10.2 Å². The van der Waals surface area contributed by atoms with Crippen LogP contribution in [0.4, 0.5) is 20.4 Å². The van der Waals surface area contributed by atoms with Crippen molar-refractivity contribution in [1.29, 1.82) is 0 Å². The molecule has 3 nitrogen and oxygen atoms in total. The van der Waals surface area contributed by atoms with Crippen molar-refractivity contribution in [3.8, 4) is 0 Å². The van der Waals surface area contributed by atoms with Gasteiger partial charge in [0.15, 0.2) is 23.3 Å². The summed E-state index contributed by atoms with van der Waals surface area (Å²) in [4.78, 5) is 6.01. The minimum absolute atomic E-state index is 0.126. The number of anilines is 2. The molecule has 2 heterocycles. The van der Waals surface area contributed by atoms with E-state index in [-0.39, 0.29) is 17.7 Å². The van der Waals surface area contributed by atoms with Crippen LogP contribution in [0.2, 0.25) is 0 Å². The summed E-state index contributed by atoms with van der Waals surface area (Å²) in [5.74, 6) is -0.341. The van der Waals surface area contributed by atoms with Crippen molar-refractivity contribution >= 4 is 11.6 Å². The summed E-state index contributed by atoms with van der Waals surface area (Å²) in [5, 5.41) is 2.81. The Kier molecular flexibility index (Phi) is 3.68. The first kappa shape index (κ1) is 13.1. The number of nitrogens with zero attached hydrogens (tertiary/aromatic N) is 2. The van der Waals surface area contributed by atoms with Crippen LogP contribution in [0.1, 0.15) is 27.2 Å². The maximum absolute atomic E-state index is 13.9. The van der Waals surface area contributed by atoms with E-state index in [1.807, 2.05) is 18.7 Å². The topological polar surface area (TPSA) is 28.2 Å². The number of hydrogen-bond donors (Lipinski definition) is 1. The second kappa shape index (κ2) is 5.08. The van der Waals surface area contributed by atoms with Crippen LogP contribution in [0.3, 0.4) is 0 Å². The molecule has 0 radical (unpaired) electrons. The molecule has 0 spiro atoms. The smallest absolute Gasteiger partial charge is 0.168 e. The minimum Gasteiger partial charge on any atom is -0.368 e. The predicted octanol–water partition coefficient (Wildman–Crippen LogP) is 3.03. The number of hydrogen-bond acceptors (Lipinski definition) is 3. The molecule has 1 aliphatic rings. The molecule has 1 saturated heterocycles. The quantitative estimate of drug-likeness (QED) is 0.899. The zero-order valence-electron chi connectivity index (χ0n) is 11.0. The zero-order chi connectivity index (χ0) is 13.3. The van der Waals surface area contributed by atoms with Crippen molar-refractivity contribution in [3.63, 3.8) is 0 Å². The molecule has 2 unspecified atom stereocenters. The lowest BCUT2D eigenvalue weighted by Crippen LogP contribution is -2.29. The summed E-state index contributed by atoms with van der Waals surface area (Å²) in [6.07, 6.45) is 1.01. The van der Waals surface area contributed by atoms with Crippen molar-refractivity contribution in [3.05, 3.63) is 17.7 Å².